The lowest BCUT2D eigenvalue weighted by Gasteiger charge is -2.19. The molecule has 0 fully saturated rings. The number of pyridine rings is 1. The lowest BCUT2D eigenvalue weighted by molar-refractivity contribution is 0.608. The summed E-state index contributed by atoms with van der Waals surface area (Å²) in [6.45, 7) is 2.69. The quantitative estimate of drug-likeness (QED) is 0.846. The molecule has 0 unspecified atom stereocenters. The third-order valence-electron chi connectivity index (χ3n) is 3.07. The molecule has 100 valence electrons. The van der Waals surface area contributed by atoms with E-state index in [1.54, 1.807) is 6.07 Å². The molecule has 0 N–H and O–H groups in total. The summed E-state index contributed by atoms with van der Waals surface area (Å²) < 4.78 is 14.5. The summed E-state index contributed by atoms with van der Waals surface area (Å²) in [6.07, 6.45) is 0.667. The van der Waals surface area contributed by atoms with E-state index >= 15 is 0 Å². The molecule has 0 atom stereocenters. The first-order chi connectivity index (χ1) is 9.08. The average molecular weight is 323 g/mol. The van der Waals surface area contributed by atoms with Crippen LogP contribution in [0, 0.1) is 12.7 Å². The van der Waals surface area contributed by atoms with Crippen molar-refractivity contribution in [1.82, 2.24) is 4.98 Å². The maximum atomic E-state index is 13.5. The van der Waals surface area contributed by atoms with Gasteiger partial charge < -0.3 is 4.90 Å². The largest absolute Gasteiger partial charge is 0.359 e. The molecule has 2 rings (SSSR count). The zero-order valence-corrected chi connectivity index (χ0v) is 12.6. The summed E-state index contributed by atoms with van der Waals surface area (Å²) in [5.41, 5.74) is 1.69. The highest BCUT2D eigenvalue weighted by Crippen LogP contribution is 2.18. The first kappa shape index (κ1) is 14.0. The molecule has 0 aliphatic carbocycles. The van der Waals surface area contributed by atoms with Gasteiger partial charge >= 0.3 is 0 Å². The van der Waals surface area contributed by atoms with Gasteiger partial charge in [0.1, 0.15) is 11.6 Å². The third kappa shape index (κ3) is 3.53. The number of hydrogen-bond donors (Lipinski definition) is 0. The summed E-state index contributed by atoms with van der Waals surface area (Å²) in [5, 5.41) is 0. The molecule has 0 radical (unpaired) electrons. The topological polar surface area (TPSA) is 16.1 Å². The van der Waals surface area contributed by atoms with Crippen molar-refractivity contribution in [3.63, 3.8) is 0 Å². The van der Waals surface area contributed by atoms with E-state index in [2.05, 4.69) is 20.9 Å². The maximum absolute atomic E-state index is 13.5. The summed E-state index contributed by atoms with van der Waals surface area (Å²) in [6, 6.07) is 10.8. The predicted octanol–water partition coefficient (Wildman–Crippen LogP) is 3.97. The minimum Gasteiger partial charge on any atom is -0.359 e. The Labute approximate surface area is 121 Å². The van der Waals surface area contributed by atoms with Crippen molar-refractivity contribution in [3.8, 4) is 0 Å². The van der Waals surface area contributed by atoms with Gasteiger partial charge in [-0.25, -0.2) is 9.37 Å². The molecule has 2 aromatic rings. The van der Waals surface area contributed by atoms with E-state index in [1.165, 1.54) is 6.07 Å². The summed E-state index contributed by atoms with van der Waals surface area (Å²) >= 11 is 3.43. The lowest BCUT2D eigenvalue weighted by Crippen LogP contribution is -2.21. The van der Waals surface area contributed by atoms with E-state index in [1.807, 2.05) is 43.1 Å². The Kier molecular flexibility index (Phi) is 4.53. The van der Waals surface area contributed by atoms with Crippen molar-refractivity contribution in [1.29, 1.82) is 0 Å². The molecular weight excluding hydrogens is 307 g/mol. The minimum atomic E-state index is -0.143. The number of halogens is 2. The second-order valence-electron chi connectivity index (χ2n) is 4.50. The molecule has 0 amide bonds. The van der Waals surface area contributed by atoms with Gasteiger partial charge in [0, 0.05) is 18.1 Å². The van der Waals surface area contributed by atoms with E-state index in [4.69, 9.17) is 0 Å². The van der Waals surface area contributed by atoms with Crippen LogP contribution in [0.1, 0.15) is 11.3 Å². The Morgan fingerprint density at radius 2 is 1.95 bits per heavy atom. The van der Waals surface area contributed by atoms with Crippen LogP contribution in [0.25, 0.3) is 0 Å². The number of hydrogen-bond acceptors (Lipinski definition) is 2. The zero-order valence-electron chi connectivity index (χ0n) is 11.0. The molecule has 0 saturated heterocycles. The van der Waals surface area contributed by atoms with Crippen LogP contribution in [0.4, 0.5) is 10.2 Å². The first-order valence-corrected chi connectivity index (χ1v) is 6.95. The van der Waals surface area contributed by atoms with Crippen LogP contribution in [0.3, 0.4) is 0 Å². The zero-order chi connectivity index (χ0) is 13.8. The average Bonchev–Trinajstić information content (AvgIpc) is 2.40. The molecule has 0 bridgehead atoms. The molecule has 0 aliphatic heterocycles. The van der Waals surface area contributed by atoms with Crippen molar-refractivity contribution in [2.24, 2.45) is 0 Å². The Bertz CT molecular complexity index is 572. The Morgan fingerprint density at radius 3 is 2.63 bits per heavy atom. The van der Waals surface area contributed by atoms with Gasteiger partial charge in [0.05, 0.1) is 5.69 Å². The van der Waals surface area contributed by atoms with Crippen LogP contribution in [-0.4, -0.2) is 18.6 Å². The van der Waals surface area contributed by atoms with Crippen LogP contribution in [0.15, 0.2) is 40.9 Å². The first-order valence-electron chi connectivity index (χ1n) is 6.15. The fourth-order valence-corrected chi connectivity index (χ4v) is 2.07. The highest BCUT2D eigenvalue weighted by atomic mass is 79.9. The van der Waals surface area contributed by atoms with E-state index in [-0.39, 0.29) is 5.82 Å². The Hall–Kier alpha value is -1.42. The van der Waals surface area contributed by atoms with Crippen molar-refractivity contribution in [2.45, 2.75) is 13.3 Å². The van der Waals surface area contributed by atoms with Crippen molar-refractivity contribution in [3.05, 3.63) is 57.9 Å². The molecule has 1 aromatic carbocycles. The molecule has 0 aliphatic rings. The number of benzene rings is 1. The molecular formula is C15H16BrFN2. The Balaban J connectivity index is 2.03. The van der Waals surface area contributed by atoms with Crippen LogP contribution in [0.5, 0.6) is 0 Å². The fraction of sp³-hybridized carbons (Fsp3) is 0.267. The number of rotatable bonds is 4. The minimum absolute atomic E-state index is 0.143. The van der Waals surface area contributed by atoms with Crippen LogP contribution >= 0.6 is 15.9 Å². The van der Waals surface area contributed by atoms with Gasteiger partial charge in [0.15, 0.2) is 0 Å². The lowest BCUT2D eigenvalue weighted by atomic mass is 10.1. The van der Waals surface area contributed by atoms with Crippen LogP contribution in [0.2, 0.25) is 0 Å². The molecule has 0 spiro atoms. The number of likely N-dealkylation sites (N-methyl/N-ethyl adjacent to an activating group) is 1. The molecule has 2 nitrogen and oxygen atoms in total. The second-order valence-corrected chi connectivity index (χ2v) is 5.35. The van der Waals surface area contributed by atoms with Gasteiger partial charge in [-0.2, -0.15) is 0 Å². The van der Waals surface area contributed by atoms with E-state index in [9.17, 15) is 4.39 Å². The smallest absolute Gasteiger partial charge is 0.128 e. The molecule has 4 heteroatoms. The summed E-state index contributed by atoms with van der Waals surface area (Å²) in [4.78, 5) is 6.53. The molecule has 1 aromatic heterocycles. The second kappa shape index (κ2) is 6.15. The summed E-state index contributed by atoms with van der Waals surface area (Å²) in [5.74, 6) is 0.757. The van der Waals surface area contributed by atoms with E-state index < -0.39 is 0 Å². The highest BCUT2D eigenvalue weighted by molar-refractivity contribution is 9.10. The van der Waals surface area contributed by atoms with Crippen molar-refractivity contribution < 1.29 is 4.39 Å². The number of aromatic nitrogens is 1. The van der Waals surface area contributed by atoms with Gasteiger partial charge in [-0.1, -0.05) is 18.2 Å². The van der Waals surface area contributed by atoms with Gasteiger partial charge in [0.25, 0.3) is 0 Å². The number of anilines is 1. The van der Waals surface area contributed by atoms with Crippen LogP contribution in [-0.2, 0) is 6.42 Å². The number of nitrogens with zero attached hydrogens (tertiary/aromatic N) is 2. The predicted molar refractivity (Wildman–Crippen MR) is 80.0 cm³/mol. The van der Waals surface area contributed by atoms with Gasteiger partial charge in [0.2, 0.25) is 0 Å². The fourth-order valence-electron chi connectivity index (χ4n) is 1.85. The van der Waals surface area contributed by atoms with Gasteiger partial charge in [-0.05, 0) is 53.0 Å². The number of aryl methyl sites for hydroxylation is 1. The van der Waals surface area contributed by atoms with Crippen LogP contribution < -0.4 is 4.90 Å². The standard InChI is InChI=1S/C15H16BrFN2/c1-11-13(16)7-8-15(18-11)19(2)10-9-12-5-3-4-6-14(12)17/h3-8H,9-10H2,1-2H3. The molecule has 1 heterocycles. The Morgan fingerprint density at radius 1 is 1.21 bits per heavy atom. The third-order valence-corrected chi connectivity index (χ3v) is 3.91. The molecule has 19 heavy (non-hydrogen) atoms. The summed E-state index contributed by atoms with van der Waals surface area (Å²) in [7, 11) is 1.97. The van der Waals surface area contributed by atoms with Gasteiger partial charge in [-0.15, -0.1) is 0 Å². The molecule has 0 saturated carbocycles. The normalized spacial score (nSPS) is 10.5. The maximum Gasteiger partial charge on any atom is 0.128 e. The van der Waals surface area contributed by atoms with E-state index in [0.29, 0.717) is 6.42 Å². The monoisotopic (exact) mass is 322 g/mol. The highest BCUT2D eigenvalue weighted by Gasteiger charge is 2.06. The SMILES string of the molecule is Cc1nc(N(C)CCc2ccccc2F)ccc1Br. The van der Waals surface area contributed by atoms with Crippen molar-refractivity contribution >= 4 is 21.7 Å². The van der Waals surface area contributed by atoms with E-state index in [0.717, 1.165) is 28.1 Å². The van der Waals surface area contributed by atoms with Gasteiger partial charge in [-0.3, -0.25) is 0 Å². The van der Waals surface area contributed by atoms with Crippen molar-refractivity contribution in [2.75, 3.05) is 18.5 Å².